The normalized spacial score (nSPS) is 10.0. The monoisotopic (exact) mass is 310 g/mol. The van der Waals surface area contributed by atoms with Crippen LogP contribution in [0.15, 0.2) is 53.6 Å². The smallest absolute Gasteiger partial charge is 0.191 e. The molecule has 22 heavy (non-hydrogen) atoms. The molecule has 5 nitrogen and oxygen atoms in total. The first-order chi connectivity index (χ1) is 10.7. The molecule has 0 amide bonds. The Morgan fingerprint density at radius 2 is 1.86 bits per heavy atom. The first-order valence-electron chi connectivity index (χ1n) is 6.45. The molecule has 0 heterocycles. The highest BCUT2D eigenvalue weighted by Crippen LogP contribution is 2.14. The van der Waals surface area contributed by atoms with Crippen molar-refractivity contribution < 1.29 is 4.74 Å². The lowest BCUT2D eigenvalue weighted by Crippen LogP contribution is -2.23. The van der Waals surface area contributed by atoms with Crippen LogP contribution in [-0.2, 0) is 0 Å². The summed E-state index contributed by atoms with van der Waals surface area (Å²) in [7, 11) is 1.62. The van der Waals surface area contributed by atoms with Gasteiger partial charge >= 0.3 is 0 Å². The molecule has 2 rings (SSSR count). The number of benzene rings is 2. The van der Waals surface area contributed by atoms with Gasteiger partial charge in [0, 0.05) is 5.69 Å². The number of nitrogens with zero attached hydrogens (tertiary/aromatic N) is 2. The Balaban J connectivity index is 1.86. The van der Waals surface area contributed by atoms with Crippen LogP contribution in [0.5, 0.6) is 5.75 Å². The molecule has 0 saturated heterocycles. The summed E-state index contributed by atoms with van der Waals surface area (Å²) < 4.78 is 5.08. The van der Waals surface area contributed by atoms with Gasteiger partial charge in [-0.25, -0.2) is 0 Å². The van der Waals surface area contributed by atoms with Gasteiger partial charge in [0.15, 0.2) is 5.11 Å². The van der Waals surface area contributed by atoms with E-state index in [9.17, 15) is 0 Å². The summed E-state index contributed by atoms with van der Waals surface area (Å²) in [5, 5.41) is 16.2. The SMILES string of the molecule is COc1ccc(NC(=S)N/N=C\c2ccc(C#N)cc2)cc1. The number of rotatable bonds is 4. The molecule has 0 aliphatic rings. The van der Waals surface area contributed by atoms with Gasteiger partial charge in [-0.2, -0.15) is 10.4 Å². The zero-order valence-electron chi connectivity index (χ0n) is 11.9. The van der Waals surface area contributed by atoms with Crippen molar-refractivity contribution in [2.24, 2.45) is 5.10 Å². The number of nitriles is 1. The lowest BCUT2D eigenvalue weighted by molar-refractivity contribution is 0.415. The minimum atomic E-state index is 0.384. The second-order valence-electron chi connectivity index (χ2n) is 4.29. The van der Waals surface area contributed by atoms with Crippen molar-refractivity contribution in [1.82, 2.24) is 5.43 Å². The van der Waals surface area contributed by atoms with Crippen LogP contribution < -0.4 is 15.5 Å². The summed E-state index contributed by atoms with van der Waals surface area (Å²) >= 11 is 5.14. The van der Waals surface area contributed by atoms with Gasteiger partial charge in [0.25, 0.3) is 0 Å². The number of hydrogen-bond acceptors (Lipinski definition) is 4. The van der Waals surface area contributed by atoms with Gasteiger partial charge in [-0.05, 0) is 54.2 Å². The molecule has 0 aliphatic carbocycles. The summed E-state index contributed by atoms with van der Waals surface area (Å²) in [6, 6.07) is 16.5. The van der Waals surface area contributed by atoms with Crippen molar-refractivity contribution in [2.45, 2.75) is 0 Å². The van der Waals surface area contributed by atoms with Gasteiger partial charge < -0.3 is 10.1 Å². The largest absolute Gasteiger partial charge is 0.497 e. The van der Waals surface area contributed by atoms with Gasteiger partial charge in [-0.1, -0.05) is 12.1 Å². The van der Waals surface area contributed by atoms with E-state index in [-0.39, 0.29) is 0 Å². The highest BCUT2D eigenvalue weighted by Gasteiger charge is 1.97. The number of nitrogens with one attached hydrogen (secondary N) is 2. The summed E-state index contributed by atoms with van der Waals surface area (Å²) in [6.45, 7) is 0. The van der Waals surface area contributed by atoms with Crippen molar-refractivity contribution in [3.05, 3.63) is 59.7 Å². The Hall–Kier alpha value is -2.91. The minimum Gasteiger partial charge on any atom is -0.497 e. The average Bonchev–Trinajstić information content (AvgIpc) is 2.56. The Labute approximate surface area is 134 Å². The topological polar surface area (TPSA) is 69.4 Å². The average molecular weight is 310 g/mol. The van der Waals surface area contributed by atoms with E-state index in [0.717, 1.165) is 17.0 Å². The third-order valence-corrected chi connectivity index (χ3v) is 2.96. The van der Waals surface area contributed by atoms with E-state index in [1.165, 1.54) is 0 Å². The van der Waals surface area contributed by atoms with Crippen LogP contribution in [0.3, 0.4) is 0 Å². The fraction of sp³-hybridized carbons (Fsp3) is 0.0625. The molecule has 2 N–H and O–H groups in total. The number of methoxy groups -OCH3 is 1. The molecule has 0 atom stereocenters. The Bertz CT molecular complexity index is 702. The summed E-state index contributed by atoms with van der Waals surface area (Å²) in [5.41, 5.74) is 5.06. The van der Waals surface area contributed by atoms with E-state index >= 15 is 0 Å². The zero-order chi connectivity index (χ0) is 15.8. The molecule has 2 aromatic rings. The quantitative estimate of drug-likeness (QED) is 0.516. The first kappa shape index (κ1) is 15.5. The predicted molar refractivity (Wildman–Crippen MR) is 91.1 cm³/mol. The molecule has 0 radical (unpaired) electrons. The van der Waals surface area contributed by atoms with Crippen LogP contribution >= 0.6 is 12.2 Å². The van der Waals surface area contributed by atoms with Crippen LogP contribution in [0.1, 0.15) is 11.1 Å². The van der Waals surface area contributed by atoms with Crippen molar-refractivity contribution in [3.8, 4) is 11.8 Å². The van der Waals surface area contributed by atoms with Gasteiger partial charge in [-0.15, -0.1) is 0 Å². The molecular weight excluding hydrogens is 296 g/mol. The number of thiocarbonyl (C=S) groups is 1. The summed E-state index contributed by atoms with van der Waals surface area (Å²) in [5.74, 6) is 0.781. The molecule has 0 bridgehead atoms. The third kappa shape index (κ3) is 4.58. The van der Waals surface area contributed by atoms with Gasteiger partial charge in [-0.3, -0.25) is 5.43 Å². The fourth-order valence-electron chi connectivity index (χ4n) is 1.64. The fourth-order valence-corrected chi connectivity index (χ4v) is 1.81. The maximum absolute atomic E-state index is 8.72. The maximum Gasteiger partial charge on any atom is 0.191 e. The first-order valence-corrected chi connectivity index (χ1v) is 6.86. The highest BCUT2D eigenvalue weighted by atomic mass is 32.1. The van der Waals surface area contributed by atoms with Crippen LogP contribution in [0, 0.1) is 11.3 Å². The third-order valence-electron chi connectivity index (χ3n) is 2.77. The molecule has 0 fully saturated rings. The van der Waals surface area contributed by atoms with E-state index in [2.05, 4.69) is 21.9 Å². The van der Waals surface area contributed by atoms with Crippen molar-refractivity contribution in [1.29, 1.82) is 5.26 Å². The molecule has 2 aromatic carbocycles. The van der Waals surface area contributed by atoms with E-state index < -0.39 is 0 Å². The predicted octanol–water partition coefficient (Wildman–Crippen LogP) is 2.89. The molecule has 0 aliphatic heterocycles. The van der Waals surface area contributed by atoms with E-state index in [1.807, 2.05) is 36.4 Å². The van der Waals surface area contributed by atoms with E-state index in [4.69, 9.17) is 22.2 Å². The minimum absolute atomic E-state index is 0.384. The van der Waals surface area contributed by atoms with Crippen LogP contribution in [-0.4, -0.2) is 18.4 Å². The van der Waals surface area contributed by atoms with E-state index in [1.54, 1.807) is 25.5 Å². The second kappa shape index (κ2) is 7.76. The molecule has 0 saturated carbocycles. The lowest BCUT2D eigenvalue weighted by Gasteiger charge is -2.07. The molecule has 0 spiro atoms. The van der Waals surface area contributed by atoms with Gasteiger partial charge in [0.2, 0.25) is 0 Å². The molecule has 110 valence electrons. The highest BCUT2D eigenvalue weighted by molar-refractivity contribution is 7.80. The number of hydrazone groups is 1. The lowest BCUT2D eigenvalue weighted by atomic mass is 10.2. The van der Waals surface area contributed by atoms with Crippen LogP contribution in [0.25, 0.3) is 0 Å². The Morgan fingerprint density at radius 1 is 1.18 bits per heavy atom. The second-order valence-corrected chi connectivity index (χ2v) is 4.69. The summed E-state index contributed by atoms with van der Waals surface area (Å²) in [4.78, 5) is 0. The van der Waals surface area contributed by atoms with Crippen molar-refractivity contribution in [3.63, 3.8) is 0 Å². The number of ether oxygens (including phenoxy) is 1. The zero-order valence-corrected chi connectivity index (χ0v) is 12.7. The number of anilines is 1. The Kier molecular flexibility index (Phi) is 5.46. The van der Waals surface area contributed by atoms with Crippen LogP contribution in [0.4, 0.5) is 5.69 Å². The molecule has 0 aromatic heterocycles. The van der Waals surface area contributed by atoms with Gasteiger partial charge in [0.05, 0.1) is 25.0 Å². The summed E-state index contributed by atoms with van der Waals surface area (Å²) in [6.07, 6.45) is 1.63. The van der Waals surface area contributed by atoms with Crippen molar-refractivity contribution in [2.75, 3.05) is 12.4 Å². The maximum atomic E-state index is 8.72. The Morgan fingerprint density at radius 3 is 2.45 bits per heavy atom. The molecule has 0 unspecified atom stereocenters. The molecular formula is C16H14N4OS. The van der Waals surface area contributed by atoms with Gasteiger partial charge in [0.1, 0.15) is 5.75 Å². The standard InChI is InChI=1S/C16H14N4OS/c1-21-15-8-6-14(7-9-15)19-16(22)20-18-11-13-4-2-12(10-17)3-5-13/h2-9,11H,1H3,(H2,19,20,22)/b18-11-. The number of hydrogen-bond donors (Lipinski definition) is 2. The molecule has 6 heteroatoms. The van der Waals surface area contributed by atoms with Crippen molar-refractivity contribution >= 4 is 29.2 Å². The van der Waals surface area contributed by atoms with E-state index in [0.29, 0.717) is 10.7 Å². The van der Waals surface area contributed by atoms with Crippen LogP contribution in [0.2, 0.25) is 0 Å².